The maximum Gasteiger partial charge on any atom is 0.278 e. The van der Waals surface area contributed by atoms with Crippen molar-refractivity contribution < 1.29 is 0 Å². The van der Waals surface area contributed by atoms with E-state index in [9.17, 15) is 4.79 Å². The summed E-state index contributed by atoms with van der Waals surface area (Å²) in [5.41, 5.74) is 1.08. The van der Waals surface area contributed by atoms with Crippen LogP contribution < -0.4 is 5.56 Å². The minimum absolute atomic E-state index is 0.264. The van der Waals surface area contributed by atoms with Crippen LogP contribution in [0.1, 0.15) is 0 Å². The van der Waals surface area contributed by atoms with Gasteiger partial charge in [-0.05, 0) is 12.1 Å². The van der Waals surface area contributed by atoms with Gasteiger partial charge in [-0.2, -0.15) is 0 Å². The number of hydrogen-bond donors (Lipinski definition) is 1. The highest BCUT2D eigenvalue weighted by atomic mass is 35.5. The van der Waals surface area contributed by atoms with Crippen LogP contribution in [0.25, 0.3) is 16.8 Å². The summed E-state index contributed by atoms with van der Waals surface area (Å²) in [6, 6.07) is 3.50. The Hall–Kier alpha value is -1.88. The SMILES string of the molecule is O=c1[nH]cnc2c1nc1c(Cl)cccn12. The lowest BCUT2D eigenvalue weighted by molar-refractivity contribution is 1.12. The van der Waals surface area contributed by atoms with Crippen molar-refractivity contribution in [3.05, 3.63) is 40.0 Å². The molecule has 0 saturated heterocycles. The van der Waals surface area contributed by atoms with E-state index in [1.54, 1.807) is 22.7 Å². The maximum absolute atomic E-state index is 11.4. The Morgan fingerprint density at radius 2 is 2.27 bits per heavy atom. The fourth-order valence-corrected chi connectivity index (χ4v) is 1.72. The summed E-state index contributed by atoms with van der Waals surface area (Å²) in [6.45, 7) is 0. The van der Waals surface area contributed by atoms with Crippen molar-refractivity contribution in [3.63, 3.8) is 0 Å². The van der Waals surface area contributed by atoms with Gasteiger partial charge >= 0.3 is 0 Å². The van der Waals surface area contributed by atoms with E-state index in [4.69, 9.17) is 11.6 Å². The molecule has 3 aromatic heterocycles. The monoisotopic (exact) mass is 220 g/mol. The molecule has 0 fully saturated rings. The van der Waals surface area contributed by atoms with Crippen LogP contribution in [0.5, 0.6) is 0 Å². The van der Waals surface area contributed by atoms with E-state index < -0.39 is 0 Å². The summed E-state index contributed by atoms with van der Waals surface area (Å²) in [4.78, 5) is 22.1. The number of pyridine rings is 1. The molecule has 0 radical (unpaired) electrons. The molecule has 1 N–H and O–H groups in total. The third-order valence-electron chi connectivity index (χ3n) is 2.17. The van der Waals surface area contributed by atoms with Gasteiger partial charge in [-0.3, -0.25) is 9.20 Å². The second-order valence-electron chi connectivity index (χ2n) is 3.07. The second kappa shape index (κ2) is 2.80. The first-order valence-electron chi connectivity index (χ1n) is 4.27. The van der Waals surface area contributed by atoms with Crippen LogP contribution in [0, 0.1) is 0 Å². The normalized spacial score (nSPS) is 11.3. The Morgan fingerprint density at radius 3 is 3.13 bits per heavy atom. The Balaban J connectivity index is 2.69. The first-order chi connectivity index (χ1) is 7.27. The fourth-order valence-electron chi connectivity index (χ4n) is 1.52. The van der Waals surface area contributed by atoms with E-state index in [1.807, 2.05) is 0 Å². The highest BCUT2D eigenvalue weighted by Crippen LogP contribution is 2.18. The van der Waals surface area contributed by atoms with E-state index in [-0.39, 0.29) is 5.56 Å². The summed E-state index contributed by atoms with van der Waals surface area (Å²) in [6.07, 6.45) is 3.11. The second-order valence-corrected chi connectivity index (χ2v) is 3.47. The molecule has 3 rings (SSSR count). The van der Waals surface area contributed by atoms with Crippen LogP contribution in [0.15, 0.2) is 29.5 Å². The van der Waals surface area contributed by atoms with Crippen molar-refractivity contribution in [2.75, 3.05) is 0 Å². The number of aromatic nitrogens is 4. The van der Waals surface area contributed by atoms with Crippen molar-refractivity contribution in [1.82, 2.24) is 19.4 Å². The molecule has 3 aromatic rings. The highest BCUT2D eigenvalue weighted by Gasteiger charge is 2.09. The zero-order valence-corrected chi connectivity index (χ0v) is 8.19. The number of rotatable bonds is 0. The van der Waals surface area contributed by atoms with Crippen LogP contribution in [0.2, 0.25) is 5.02 Å². The smallest absolute Gasteiger partial charge is 0.278 e. The summed E-state index contributed by atoms with van der Waals surface area (Å²) < 4.78 is 1.69. The molecule has 0 aromatic carbocycles. The third kappa shape index (κ3) is 1.07. The molecule has 0 saturated carbocycles. The summed E-state index contributed by atoms with van der Waals surface area (Å²) in [5.74, 6) is 0. The van der Waals surface area contributed by atoms with Gasteiger partial charge < -0.3 is 4.98 Å². The standard InChI is InChI=1S/C9H5ClN4O/c10-5-2-1-3-14-7(5)13-6-8(14)11-4-12-9(6)15/h1-4H,(H,11,12,15). The quantitative estimate of drug-likeness (QED) is 0.620. The number of nitrogens with zero attached hydrogens (tertiary/aromatic N) is 3. The zero-order chi connectivity index (χ0) is 10.4. The van der Waals surface area contributed by atoms with Crippen LogP contribution in [0.4, 0.5) is 0 Å². The molecule has 3 heterocycles. The van der Waals surface area contributed by atoms with Crippen LogP contribution in [-0.4, -0.2) is 19.4 Å². The number of H-pyrrole nitrogens is 1. The molecular weight excluding hydrogens is 216 g/mol. The molecule has 0 amide bonds. The molecule has 0 spiro atoms. The van der Waals surface area contributed by atoms with Crippen molar-refractivity contribution in [1.29, 1.82) is 0 Å². The lowest BCUT2D eigenvalue weighted by Crippen LogP contribution is -2.06. The van der Waals surface area contributed by atoms with Gasteiger partial charge in [0.15, 0.2) is 16.8 Å². The van der Waals surface area contributed by atoms with Gasteiger partial charge in [0.2, 0.25) is 0 Å². The molecule has 15 heavy (non-hydrogen) atoms. The average molecular weight is 221 g/mol. The average Bonchev–Trinajstić information content (AvgIpc) is 2.60. The molecule has 5 nitrogen and oxygen atoms in total. The van der Waals surface area contributed by atoms with Gasteiger partial charge in [0, 0.05) is 6.20 Å². The summed E-state index contributed by atoms with van der Waals surface area (Å²) in [5, 5.41) is 0.495. The molecular formula is C9H5ClN4O. The maximum atomic E-state index is 11.4. The highest BCUT2D eigenvalue weighted by molar-refractivity contribution is 6.33. The minimum atomic E-state index is -0.264. The molecule has 6 heteroatoms. The number of nitrogens with one attached hydrogen (secondary N) is 1. The van der Waals surface area contributed by atoms with Crippen molar-refractivity contribution in [2.24, 2.45) is 0 Å². The molecule has 0 aliphatic carbocycles. The topological polar surface area (TPSA) is 63.0 Å². The largest absolute Gasteiger partial charge is 0.311 e. The van der Waals surface area contributed by atoms with E-state index in [1.165, 1.54) is 6.33 Å². The Labute approximate surface area is 88.4 Å². The predicted molar refractivity (Wildman–Crippen MR) is 56.1 cm³/mol. The third-order valence-corrected chi connectivity index (χ3v) is 2.47. The van der Waals surface area contributed by atoms with Gasteiger partial charge in [0.25, 0.3) is 5.56 Å². The van der Waals surface area contributed by atoms with Gasteiger partial charge in [-0.15, -0.1) is 0 Å². The lowest BCUT2D eigenvalue weighted by Gasteiger charge is -1.94. The predicted octanol–water partition coefficient (Wildman–Crippen LogP) is 1.22. The fraction of sp³-hybridized carbons (Fsp3) is 0. The number of fused-ring (bicyclic) bond motifs is 3. The Bertz CT molecular complexity index is 715. The Kier molecular flexibility index (Phi) is 1.58. The van der Waals surface area contributed by atoms with Crippen molar-refractivity contribution in [3.8, 4) is 0 Å². The van der Waals surface area contributed by atoms with Gasteiger partial charge in [0.1, 0.15) is 0 Å². The van der Waals surface area contributed by atoms with Crippen molar-refractivity contribution >= 4 is 28.4 Å². The van der Waals surface area contributed by atoms with Crippen molar-refractivity contribution in [2.45, 2.75) is 0 Å². The number of aromatic amines is 1. The molecule has 0 aliphatic rings. The van der Waals surface area contributed by atoms with Crippen LogP contribution >= 0.6 is 11.6 Å². The van der Waals surface area contributed by atoms with Crippen LogP contribution in [0.3, 0.4) is 0 Å². The van der Waals surface area contributed by atoms with Crippen LogP contribution in [-0.2, 0) is 0 Å². The van der Waals surface area contributed by atoms with E-state index >= 15 is 0 Å². The van der Waals surface area contributed by atoms with Gasteiger partial charge in [0.05, 0.1) is 11.3 Å². The zero-order valence-electron chi connectivity index (χ0n) is 7.44. The number of hydrogen-bond acceptors (Lipinski definition) is 3. The van der Waals surface area contributed by atoms with E-state index in [0.717, 1.165) is 0 Å². The summed E-state index contributed by atoms with van der Waals surface area (Å²) >= 11 is 5.96. The minimum Gasteiger partial charge on any atom is -0.311 e. The lowest BCUT2D eigenvalue weighted by atomic mass is 10.5. The molecule has 0 unspecified atom stereocenters. The Morgan fingerprint density at radius 1 is 1.40 bits per heavy atom. The molecule has 0 bridgehead atoms. The van der Waals surface area contributed by atoms with E-state index in [0.29, 0.717) is 21.8 Å². The number of imidazole rings is 1. The first kappa shape index (κ1) is 8.43. The van der Waals surface area contributed by atoms with Gasteiger partial charge in [-0.25, -0.2) is 9.97 Å². The summed E-state index contributed by atoms with van der Waals surface area (Å²) in [7, 11) is 0. The molecule has 74 valence electrons. The van der Waals surface area contributed by atoms with Gasteiger partial charge in [-0.1, -0.05) is 11.6 Å². The molecule has 0 aliphatic heterocycles. The van der Waals surface area contributed by atoms with E-state index in [2.05, 4.69) is 15.0 Å². The first-order valence-corrected chi connectivity index (χ1v) is 4.65. The molecule has 0 atom stereocenters. The number of halogens is 1.